The van der Waals surface area contributed by atoms with Gasteiger partial charge in [-0.2, -0.15) is 0 Å². The summed E-state index contributed by atoms with van der Waals surface area (Å²) in [5.74, 6) is 1.54. The van der Waals surface area contributed by atoms with Crippen LogP contribution in [0.5, 0.6) is 5.75 Å². The van der Waals surface area contributed by atoms with Gasteiger partial charge < -0.3 is 10.1 Å². The molecular weight excluding hydrogens is 222 g/mol. The van der Waals surface area contributed by atoms with Crippen LogP contribution in [0, 0.1) is 5.92 Å². The summed E-state index contributed by atoms with van der Waals surface area (Å²) >= 11 is 0. The van der Waals surface area contributed by atoms with Crippen molar-refractivity contribution in [2.75, 3.05) is 13.2 Å². The molecule has 1 aromatic rings. The molecule has 0 amide bonds. The van der Waals surface area contributed by atoms with Crippen molar-refractivity contribution in [2.45, 2.75) is 32.7 Å². The molecule has 1 aliphatic rings. The van der Waals surface area contributed by atoms with Gasteiger partial charge in [0, 0.05) is 12.0 Å². The molecular formula is C16H23NO. The van der Waals surface area contributed by atoms with Crippen molar-refractivity contribution in [1.29, 1.82) is 0 Å². The van der Waals surface area contributed by atoms with Gasteiger partial charge in [-0.05, 0) is 37.9 Å². The Kier molecular flexibility index (Phi) is 4.43. The first-order valence-electron chi connectivity index (χ1n) is 6.82. The van der Waals surface area contributed by atoms with Crippen LogP contribution >= 0.6 is 0 Å². The topological polar surface area (TPSA) is 21.3 Å². The molecule has 2 rings (SSSR count). The summed E-state index contributed by atoms with van der Waals surface area (Å²) in [6, 6.07) is 8.69. The van der Waals surface area contributed by atoms with Gasteiger partial charge in [0.15, 0.2) is 0 Å². The number of ether oxygens (including phenoxy) is 1. The lowest BCUT2D eigenvalue weighted by molar-refractivity contribution is 0.195. The molecule has 0 saturated carbocycles. The zero-order chi connectivity index (χ0) is 13.0. The second-order valence-corrected chi connectivity index (χ2v) is 5.16. The Morgan fingerprint density at radius 1 is 1.50 bits per heavy atom. The van der Waals surface area contributed by atoms with Gasteiger partial charge in [0.25, 0.3) is 0 Å². The molecule has 1 N–H and O–H groups in total. The molecule has 0 aliphatic carbocycles. The van der Waals surface area contributed by atoms with E-state index < -0.39 is 0 Å². The Bertz CT molecular complexity index is 413. The minimum atomic E-state index is 0.360. The lowest BCUT2D eigenvalue weighted by Gasteiger charge is -2.32. The molecule has 0 radical (unpaired) electrons. The Balaban J connectivity index is 2.08. The summed E-state index contributed by atoms with van der Waals surface area (Å²) < 4.78 is 5.87. The molecule has 1 heterocycles. The first kappa shape index (κ1) is 13.2. The van der Waals surface area contributed by atoms with Gasteiger partial charge in [0.1, 0.15) is 5.75 Å². The van der Waals surface area contributed by atoms with Gasteiger partial charge in [0.2, 0.25) is 0 Å². The number of para-hydroxylation sites is 1. The van der Waals surface area contributed by atoms with Crippen molar-refractivity contribution < 1.29 is 4.74 Å². The first-order chi connectivity index (χ1) is 8.72. The fraction of sp³-hybridized carbons (Fsp3) is 0.500. The van der Waals surface area contributed by atoms with Gasteiger partial charge >= 0.3 is 0 Å². The smallest absolute Gasteiger partial charge is 0.122 e. The van der Waals surface area contributed by atoms with E-state index in [2.05, 4.69) is 43.9 Å². The van der Waals surface area contributed by atoms with Crippen LogP contribution < -0.4 is 10.1 Å². The highest BCUT2D eigenvalue weighted by molar-refractivity contribution is 5.35. The van der Waals surface area contributed by atoms with Crippen molar-refractivity contribution >= 4 is 0 Å². The van der Waals surface area contributed by atoms with Crippen LogP contribution in [-0.4, -0.2) is 19.2 Å². The molecule has 0 fully saturated rings. The van der Waals surface area contributed by atoms with E-state index in [4.69, 9.17) is 4.74 Å². The molecule has 2 atom stereocenters. The van der Waals surface area contributed by atoms with Crippen molar-refractivity contribution in [1.82, 2.24) is 5.32 Å². The highest BCUT2D eigenvalue weighted by atomic mass is 16.5. The fourth-order valence-corrected chi connectivity index (χ4v) is 2.61. The average Bonchev–Trinajstić information content (AvgIpc) is 2.38. The predicted molar refractivity (Wildman–Crippen MR) is 76.0 cm³/mol. The summed E-state index contributed by atoms with van der Waals surface area (Å²) in [6.07, 6.45) is 2.22. The summed E-state index contributed by atoms with van der Waals surface area (Å²) in [5.41, 5.74) is 2.52. The van der Waals surface area contributed by atoms with Gasteiger partial charge in [0.05, 0.1) is 6.61 Å². The molecule has 0 spiro atoms. The maximum Gasteiger partial charge on any atom is 0.122 e. The number of rotatable bonds is 5. The molecule has 0 bridgehead atoms. The van der Waals surface area contributed by atoms with Crippen LogP contribution in [0.1, 0.15) is 25.8 Å². The van der Waals surface area contributed by atoms with E-state index in [1.54, 1.807) is 0 Å². The molecule has 1 aliphatic heterocycles. The van der Waals surface area contributed by atoms with Crippen LogP contribution in [0.2, 0.25) is 0 Å². The molecule has 2 unspecified atom stereocenters. The van der Waals surface area contributed by atoms with Crippen LogP contribution in [-0.2, 0) is 6.42 Å². The van der Waals surface area contributed by atoms with Crippen LogP contribution in [0.15, 0.2) is 36.4 Å². The second kappa shape index (κ2) is 6.05. The maximum atomic E-state index is 5.87. The summed E-state index contributed by atoms with van der Waals surface area (Å²) in [4.78, 5) is 0. The lowest BCUT2D eigenvalue weighted by atomic mass is 9.87. The lowest BCUT2D eigenvalue weighted by Crippen LogP contribution is -2.42. The third-order valence-electron chi connectivity index (χ3n) is 3.52. The van der Waals surface area contributed by atoms with E-state index >= 15 is 0 Å². The zero-order valence-corrected chi connectivity index (χ0v) is 11.4. The number of hydrogen-bond acceptors (Lipinski definition) is 2. The van der Waals surface area contributed by atoms with Gasteiger partial charge in [-0.25, -0.2) is 0 Å². The maximum absolute atomic E-state index is 5.87. The predicted octanol–water partition coefficient (Wildman–Crippen LogP) is 3.18. The van der Waals surface area contributed by atoms with E-state index in [1.807, 2.05) is 6.07 Å². The molecule has 0 saturated heterocycles. The second-order valence-electron chi connectivity index (χ2n) is 5.16. The van der Waals surface area contributed by atoms with Crippen molar-refractivity contribution in [2.24, 2.45) is 5.92 Å². The van der Waals surface area contributed by atoms with Crippen LogP contribution in [0.4, 0.5) is 0 Å². The Morgan fingerprint density at radius 2 is 2.28 bits per heavy atom. The molecule has 2 heteroatoms. The standard InChI is InChI=1S/C16H23NO/c1-4-9-17-16(12(2)3)14-10-13-7-5-6-8-15(13)18-11-14/h5-8,14,16-17H,2,4,9-11H2,1,3H3. The largest absolute Gasteiger partial charge is 0.493 e. The van der Waals surface area contributed by atoms with Gasteiger partial charge in [-0.3, -0.25) is 0 Å². The van der Waals surface area contributed by atoms with Crippen LogP contribution in [0.3, 0.4) is 0 Å². The number of benzene rings is 1. The summed E-state index contributed by atoms with van der Waals surface area (Å²) in [6.45, 7) is 10.2. The minimum absolute atomic E-state index is 0.360. The monoisotopic (exact) mass is 245 g/mol. The van der Waals surface area contributed by atoms with Crippen molar-refractivity contribution in [3.8, 4) is 5.75 Å². The first-order valence-corrected chi connectivity index (χ1v) is 6.82. The highest BCUT2D eigenvalue weighted by Crippen LogP contribution is 2.29. The normalized spacial score (nSPS) is 19.8. The number of fused-ring (bicyclic) bond motifs is 1. The molecule has 0 aromatic heterocycles. The Morgan fingerprint density at radius 3 is 3.00 bits per heavy atom. The summed E-state index contributed by atoms with van der Waals surface area (Å²) in [5, 5.41) is 3.59. The Labute approximate surface area is 110 Å². The summed E-state index contributed by atoms with van der Waals surface area (Å²) in [7, 11) is 0. The van der Waals surface area contributed by atoms with Gasteiger partial charge in [-0.15, -0.1) is 0 Å². The van der Waals surface area contributed by atoms with E-state index in [-0.39, 0.29) is 0 Å². The van der Waals surface area contributed by atoms with Crippen LogP contribution in [0.25, 0.3) is 0 Å². The third kappa shape index (κ3) is 2.94. The van der Waals surface area contributed by atoms with E-state index in [0.717, 1.165) is 31.7 Å². The third-order valence-corrected chi connectivity index (χ3v) is 3.52. The number of hydrogen-bond donors (Lipinski definition) is 1. The molecule has 98 valence electrons. The highest BCUT2D eigenvalue weighted by Gasteiger charge is 2.27. The molecule has 1 aromatic carbocycles. The Hall–Kier alpha value is -1.28. The van der Waals surface area contributed by atoms with E-state index in [0.29, 0.717) is 12.0 Å². The van der Waals surface area contributed by atoms with E-state index in [1.165, 1.54) is 11.1 Å². The van der Waals surface area contributed by atoms with E-state index in [9.17, 15) is 0 Å². The fourth-order valence-electron chi connectivity index (χ4n) is 2.61. The molecule has 2 nitrogen and oxygen atoms in total. The minimum Gasteiger partial charge on any atom is -0.493 e. The SMILES string of the molecule is C=C(C)C(NCCC)C1COc2ccccc2C1. The zero-order valence-electron chi connectivity index (χ0n) is 11.4. The van der Waals surface area contributed by atoms with Crippen molar-refractivity contribution in [3.63, 3.8) is 0 Å². The number of nitrogens with one attached hydrogen (secondary N) is 1. The quantitative estimate of drug-likeness (QED) is 0.804. The van der Waals surface area contributed by atoms with Gasteiger partial charge in [-0.1, -0.05) is 37.3 Å². The average molecular weight is 245 g/mol. The molecule has 18 heavy (non-hydrogen) atoms. The van der Waals surface area contributed by atoms with Crippen molar-refractivity contribution in [3.05, 3.63) is 42.0 Å².